The summed E-state index contributed by atoms with van der Waals surface area (Å²) in [6, 6.07) is 8.04. The van der Waals surface area contributed by atoms with Crippen LogP contribution in [0, 0.1) is 6.92 Å². The van der Waals surface area contributed by atoms with Gasteiger partial charge in [-0.25, -0.2) is 9.98 Å². The lowest BCUT2D eigenvalue weighted by molar-refractivity contribution is 0.320. The summed E-state index contributed by atoms with van der Waals surface area (Å²) in [6.45, 7) is 8.94. The van der Waals surface area contributed by atoms with Crippen LogP contribution in [0.2, 0.25) is 0 Å². The Morgan fingerprint density at radius 1 is 1.25 bits per heavy atom. The van der Waals surface area contributed by atoms with E-state index in [1.54, 1.807) is 11.3 Å². The number of aliphatic imine (C=N–C) groups is 1. The van der Waals surface area contributed by atoms with Gasteiger partial charge in [0.05, 0.1) is 13.1 Å². The second-order valence-electron chi connectivity index (χ2n) is 5.31. The normalized spacial score (nSPS) is 11.4. The SMILES string of the molecule is CCNC(=NCc1ncc(CC)s1)NCCOc1ccccc1C. The first-order valence-electron chi connectivity index (χ1n) is 8.37. The van der Waals surface area contributed by atoms with Gasteiger partial charge in [-0.05, 0) is 31.9 Å². The lowest BCUT2D eigenvalue weighted by Crippen LogP contribution is -2.39. The van der Waals surface area contributed by atoms with Gasteiger partial charge in [0.15, 0.2) is 5.96 Å². The third-order valence-corrected chi connectivity index (χ3v) is 4.54. The number of hydrogen-bond donors (Lipinski definition) is 2. The molecule has 24 heavy (non-hydrogen) atoms. The molecule has 1 aromatic heterocycles. The molecule has 6 heteroatoms. The number of aryl methyl sites for hydroxylation is 2. The standard InChI is InChI=1S/C18H26N4OS/c1-4-15-12-21-17(24-15)13-22-18(19-5-2)20-10-11-23-16-9-7-6-8-14(16)3/h6-9,12H,4-5,10-11,13H2,1-3H3,(H2,19,20,22). The van der Waals surface area contributed by atoms with E-state index < -0.39 is 0 Å². The molecule has 0 fully saturated rings. The van der Waals surface area contributed by atoms with E-state index in [2.05, 4.69) is 34.5 Å². The highest BCUT2D eigenvalue weighted by molar-refractivity contribution is 7.11. The first-order valence-corrected chi connectivity index (χ1v) is 9.18. The van der Waals surface area contributed by atoms with Crippen LogP contribution in [-0.4, -0.2) is 30.6 Å². The third-order valence-electron chi connectivity index (χ3n) is 3.41. The topological polar surface area (TPSA) is 58.5 Å². The minimum absolute atomic E-state index is 0.590. The molecule has 2 N–H and O–H groups in total. The summed E-state index contributed by atoms with van der Waals surface area (Å²) in [5, 5.41) is 7.58. The van der Waals surface area contributed by atoms with Crippen molar-refractivity contribution in [2.45, 2.75) is 33.7 Å². The first kappa shape index (κ1) is 18.3. The Bertz CT molecular complexity index is 654. The van der Waals surface area contributed by atoms with Crippen molar-refractivity contribution in [1.82, 2.24) is 15.6 Å². The van der Waals surface area contributed by atoms with E-state index in [1.807, 2.05) is 37.4 Å². The van der Waals surface area contributed by atoms with E-state index in [4.69, 9.17) is 4.74 Å². The van der Waals surface area contributed by atoms with Gasteiger partial charge >= 0.3 is 0 Å². The molecule has 130 valence electrons. The van der Waals surface area contributed by atoms with Gasteiger partial charge in [-0.15, -0.1) is 11.3 Å². The predicted octanol–water partition coefficient (Wildman–Crippen LogP) is 3.15. The van der Waals surface area contributed by atoms with Crippen LogP contribution in [0.15, 0.2) is 35.5 Å². The van der Waals surface area contributed by atoms with E-state index in [0.29, 0.717) is 19.7 Å². The summed E-state index contributed by atoms with van der Waals surface area (Å²) in [7, 11) is 0. The van der Waals surface area contributed by atoms with Crippen LogP contribution in [0.25, 0.3) is 0 Å². The fraction of sp³-hybridized carbons (Fsp3) is 0.444. The van der Waals surface area contributed by atoms with Gasteiger partial charge < -0.3 is 15.4 Å². The number of rotatable bonds is 8. The Morgan fingerprint density at radius 2 is 2.08 bits per heavy atom. The first-order chi connectivity index (χ1) is 11.7. The molecule has 0 unspecified atom stereocenters. The number of aromatic nitrogens is 1. The highest BCUT2D eigenvalue weighted by atomic mass is 32.1. The molecule has 1 heterocycles. The van der Waals surface area contributed by atoms with Gasteiger partial charge in [-0.1, -0.05) is 25.1 Å². The molecule has 0 spiro atoms. The Kier molecular flexibility index (Phi) is 7.55. The highest BCUT2D eigenvalue weighted by Crippen LogP contribution is 2.15. The molecule has 0 atom stereocenters. The van der Waals surface area contributed by atoms with Crippen molar-refractivity contribution in [3.63, 3.8) is 0 Å². The number of guanidine groups is 1. The predicted molar refractivity (Wildman–Crippen MR) is 101 cm³/mol. The molecule has 0 radical (unpaired) electrons. The lowest BCUT2D eigenvalue weighted by Gasteiger charge is -2.12. The van der Waals surface area contributed by atoms with Crippen molar-refractivity contribution in [2.75, 3.05) is 19.7 Å². The van der Waals surface area contributed by atoms with Crippen LogP contribution in [0.5, 0.6) is 5.75 Å². The molecule has 0 amide bonds. The van der Waals surface area contributed by atoms with Gasteiger partial charge in [0.1, 0.15) is 17.4 Å². The van der Waals surface area contributed by atoms with Gasteiger partial charge in [0.2, 0.25) is 0 Å². The van der Waals surface area contributed by atoms with E-state index in [9.17, 15) is 0 Å². The van der Waals surface area contributed by atoms with E-state index in [0.717, 1.165) is 35.2 Å². The van der Waals surface area contributed by atoms with Crippen LogP contribution in [0.1, 0.15) is 29.3 Å². The number of ether oxygens (including phenoxy) is 1. The highest BCUT2D eigenvalue weighted by Gasteiger charge is 2.02. The van der Waals surface area contributed by atoms with Gasteiger partial charge in [0, 0.05) is 17.6 Å². The quantitative estimate of drug-likeness (QED) is 0.438. The molecule has 0 saturated carbocycles. The van der Waals surface area contributed by atoms with Crippen molar-refractivity contribution in [1.29, 1.82) is 0 Å². The van der Waals surface area contributed by atoms with Crippen molar-refractivity contribution in [3.8, 4) is 5.75 Å². The van der Waals surface area contributed by atoms with Gasteiger partial charge in [0.25, 0.3) is 0 Å². The van der Waals surface area contributed by atoms with E-state index in [-0.39, 0.29) is 0 Å². The average Bonchev–Trinajstić information content (AvgIpc) is 3.06. The summed E-state index contributed by atoms with van der Waals surface area (Å²) in [6.07, 6.45) is 2.96. The third kappa shape index (κ3) is 5.85. The van der Waals surface area contributed by atoms with Gasteiger partial charge in [-0.2, -0.15) is 0 Å². The summed E-state index contributed by atoms with van der Waals surface area (Å²) >= 11 is 1.72. The summed E-state index contributed by atoms with van der Waals surface area (Å²) in [4.78, 5) is 10.3. The Hall–Kier alpha value is -2.08. The smallest absolute Gasteiger partial charge is 0.191 e. The number of benzene rings is 1. The zero-order valence-corrected chi connectivity index (χ0v) is 15.4. The van der Waals surface area contributed by atoms with Crippen molar-refractivity contribution < 1.29 is 4.74 Å². The number of thiazole rings is 1. The number of nitrogens with one attached hydrogen (secondary N) is 2. The summed E-state index contributed by atoms with van der Waals surface area (Å²) in [5.74, 6) is 1.72. The number of nitrogens with zero attached hydrogens (tertiary/aromatic N) is 2. The molecule has 2 rings (SSSR count). The largest absolute Gasteiger partial charge is 0.491 e. The van der Waals surface area contributed by atoms with Crippen LogP contribution >= 0.6 is 11.3 Å². The molecule has 0 aliphatic carbocycles. The van der Waals surface area contributed by atoms with Crippen molar-refractivity contribution in [3.05, 3.63) is 45.9 Å². The minimum Gasteiger partial charge on any atom is -0.491 e. The van der Waals surface area contributed by atoms with Crippen molar-refractivity contribution >= 4 is 17.3 Å². The maximum atomic E-state index is 5.79. The monoisotopic (exact) mass is 346 g/mol. The average molecular weight is 347 g/mol. The Balaban J connectivity index is 1.80. The molecule has 0 bridgehead atoms. The lowest BCUT2D eigenvalue weighted by atomic mass is 10.2. The maximum absolute atomic E-state index is 5.79. The molecule has 2 aromatic rings. The molecule has 0 saturated heterocycles. The maximum Gasteiger partial charge on any atom is 0.191 e. The van der Waals surface area contributed by atoms with Crippen LogP contribution in [0.4, 0.5) is 0 Å². The van der Waals surface area contributed by atoms with Crippen LogP contribution in [-0.2, 0) is 13.0 Å². The van der Waals surface area contributed by atoms with Crippen molar-refractivity contribution in [2.24, 2.45) is 4.99 Å². The molecular formula is C18H26N4OS. The number of para-hydroxylation sites is 1. The fourth-order valence-electron chi connectivity index (χ4n) is 2.12. The Labute approximate surface area is 148 Å². The minimum atomic E-state index is 0.590. The summed E-state index contributed by atoms with van der Waals surface area (Å²) in [5.41, 5.74) is 1.15. The molecule has 5 nitrogen and oxygen atoms in total. The van der Waals surface area contributed by atoms with E-state index in [1.165, 1.54) is 4.88 Å². The van der Waals surface area contributed by atoms with Crippen LogP contribution in [0.3, 0.4) is 0 Å². The second-order valence-corrected chi connectivity index (χ2v) is 6.51. The zero-order chi connectivity index (χ0) is 17.2. The Morgan fingerprint density at radius 3 is 2.79 bits per heavy atom. The molecule has 0 aliphatic rings. The zero-order valence-electron chi connectivity index (χ0n) is 14.6. The van der Waals surface area contributed by atoms with Gasteiger partial charge in [-0.3, -0.25) is 0 Å². The molecular weight excluding hydrogens is 320 g/mol. The summed E-state index contributed by atoms with van der Waals surface area (Å²) < 4.78 is 5.79. The fourth-order valence-corrected chi connectivity index (χ4v) is 2.91. The molecule has 0 aliphatic heterocycles. The second kappa shape index (κ2) is 9.93. The van der Waals surface area contributed by atoms with Crippen LogP contribution < -0.4 is 15.4 Å². The molecule has 1 aromatic carbocycles. The van der Waals surface area contributed by atoms with E-state index >= 15 is 0 Å². The number of hydrogen-bond acceptors (Lipinski definition) is 4.